The average molecular weight is 421 g/mol. The topological polar surface area (TPSA) is 60.7 Å². The molecule has 3 nitrogen and oxygen atoms in total. The van der Waals surface area contributed by atoms with E-state index in [2.05, 4.69) is 6.92 Å². The monoisotopic (exact) mass is 420 g/mol. The Hall–Kier alpha value is -3.72. The van der Waals surface area contributed by atoms with Gasteiger partial charge in [0.05, 0.1) is 0 Å². The van der Waals surface area contributed by atoms with E-state index >= 15 is 0 Å². The molecule has 0 radical (unpaired) electrons. The van der Waals surface area contributed by atoms with Gasteiger partial charge in [0, 0.05) is 23.2 Å². The highest BCUT2D eigenvalue weighted by Crippen LogP contribution is 2.65. The molecule has 3 atom stereocenters. The van der Waals surface area contributed by atoms with Gasteiger partial charge < -0.3 is 15.3 Å². The van der Waals surface area contributed by atoms with Crippen LogP contribution in [0.3, 0.4) is 0 Å². The van der Waals surface area contributed by atoms with Crippen LogP contribution in [0.2, 0.25) is 0 Å². The molecule has 0 saturated heterocycles. The second-order valence-corrected chi connectivity index (χ2v) is 9.26. The van der Waals surface area contributed by atoms with Crippen molar-refractivity contribution in [2.45, 2.75) is 24.7 Å². The van der Waals surface area contributed by atoms with Crippen LogP contribution in [0.5, 0.6) is 0 Å². The van der Waals surface area contributed by atoms with Gasteiger partial charge in [0.1, 0.15) is 17.3 Å². The quantitative estimate of drug-likeness (QED) is 0.424. The Morgan fingerprint density at radius 3 is 1.09 bits per heavy atom. The number of aliphatic hydroxyl groups excluding tert-OH is 3. The van der Waals surface area contributed by atoms with Crippen LogP contribution in [-0.2, 0) is 0 Å². The SMILES string of the molecule is CC(C1C(O)=Cc2ccccc21)(C1C(O)=Cc2ccccc21)C1C(O)=Cc2ccccc21. The fraction of sp³-hybridized carbons (Fsp3) is 0.172. The molecule has 3 aromatic rings. The molecule has 0 saturated carbocycles. The van der Waals surface area contributed by atoms with Gasteiger partial charge >= 0.3 is 0 Å². The Balaban J connectivity index is 1.64. The largest absolute Gasteiger partial charge is 0.512 e. The van der Waals surface area contributed by atoms with Gasteiger partial charge in [0.15, 0.2) is 0 Å². The van der Waals surface area contributed by atoms with Gasteiger partial charge in [-0.1, -0.05) is 79.7 Å². The van der Waals surface area contributed by atoms with Crippen molar-refractivity contribution in [2.24, 2.45) is 5.41 Å². The van der Waals surface area contributed by atoms with Crippen LogP contribution in [0.1, 0.15) is 58.1 Å². The maximum absolute atomic E-state index is 11.3. The van der Waals surface area contributed by atoms with Crippen molar-refractivity contribution in [2.75, 3.05) is 0 Å². The third kappa shape index (κ3) is 2.42. The summed E-state index contributed by atoms with van der Waals surface area (Å²) in [6.07, 6.45) is 5.46. The smallest absolute Gasteiger partial charge is 0.101 e. The summed E-state index contributed by atoms with van der Waals surface area (Å²) < 4.78 is 0. The summed E-state index contributed by atoms with van der Waals surface area (Å²) >= 11 is 0. The zero-order valence-corrected chi connectivity index (χ0v) is 17.7. The molecule has 3 aromatic carbocycles. The fourth-order valence-corrected chi connectivity index (χ4v) is 6.38. The van der Waals surface area contributed by atoms with E-state index in [9.17, 15) is 15.3 Å². The summed E-state index contributed by atoms with van der Waals surface area (Å²) in [7, 11) is 0. The molecule has 0 bridgehead atoms. The molecular formula is C29H24O3. The van der Waals surface area contributed by atoms with E-state index in [1.165, 1.54) is 0 Å². The predicted octanol–water partition coefficient (Wildman–Crippen LogP) is 7.08. The van der Waals surface area contributed by atoms with Crippen LogP contribution in [0.15, 0.2) is 90.1 Å². The molecule has 3 unspecified atom stereocenters. The minimum atomic E-state index is -0.770. The summed E-state index contributed by atoms with van der Waals surface area (Å²) in [5.74, 6) is -0.375. The molecule has 6 rings (SSSR count). The van der Waals surface area contributed by atoms with E-state index in [4.69, 9.17) is 0 Å². The molecule has 0 amide bonds. The highest BCUT2D eigenvalue weighted by atomic mass is 16.3. The van der Waals surface area contributed by atoms with Gasteiger partial charge in [-0.3, -0.25) is 0 Å². The molecule has 158 valence electrons. The molecule has 0 aliphatic heterocycles. The number of benzene rings is 3. The molecule has 3 N–H and O–H groups in total. The van der Waals surface area contributed by atoms with E-state index in [-0.39, 0.29) is 17.3 Å². The first-order valence-electron chi connectivity index (χ1n) is 11.0. The van der Waals surface area contributed by atoms with Gasteiger partial charge in [0.25, 0.3) is 0 Å². The highest BCUT2D eigenvalue weighted by molar-refractivity contribution is 5.72. The van der Waals surface area contributed by atoms with Crippen molar-refractivity contribution in [1.82, 2.24) is 0 Å². The van der Waals surface area contributed by atoms with Gasteiger partial charge in [-0.15, -0.1) is 0 Å². The predicted molar refractivity (Wildman–Crippen MR) is 127 cm³/mol. The Morgan fingerprint density at radius 1 is 0.500 bits per heavy atom. The van der Waals surface area contributed by atoms with Gasteiger partial charge in [0.2, 0.25) is 0 Å². The molecule has 0 aromatic heterocycles. The standard InChI is InChI=1S/C29H24O3/c1-29(26-20-11-5-2-8-17(20)14-23(26)30,27-21-12-6-3-9-18(21)15-24(27)31)28-22-13-7-4-10-19(22)16-25(28)32/h2-16,26-28,30-32H,1H3. The number of fused-ring (bicyclic) bond motifs is 3. The van der Waals surface area contributed by atoms with E-state index in [0.717, 1.165) is 33.4 Å². The molecule has 0 spiro atoms. The van der Waals surface area contributed by atoms with E-state index in [1.54, 1.807) is 0 Å². The van der Waals surface area contributed by atoms with Crippen molar-refractivity contribution in [3.05, 3.63) is 123 Å². The average Bonchev–Trinajstić information content (AvgIpc) is 3.42. The first-order chi connectivity index (χ1) is 15.5. The summed E-state index contributed by atoms with van der Waals surface area (Å²) in [5, 5.41) is 33.9. The van der Waals surface area contributed by atoms with Crippen molar-refractivity contribution in [1.29, 1.82) is 0 Å². The second kappa shape index (κ2) is 6.64. The Kier molecular flexibility index (Phi) is 3.94. The summed E-state index contributed by atoms with van der Waals surface area (Å²) in [4.78, 5) is 0. The maximum Gasteiger partial charge on any atom is 0.101 e. The number of aliphatic hydroxyl groups is 3. The van der Waals surface area contributed by atoms with Crippen LogP contribution in [0.4, 0.5) is 0 Å². The second-order valence-electron chi connectivity index (χ2n) is 9.26. The number of hydrogen-bond acceptors (Lipinski definition) is 3. The van der Waals surface area contributed by atoms with Crippen LogP contribution < -0.4 is 0 Å². The van der Waals surface area contributed by atoms with Crippen LogP contribution in [-0.4, -0.2) is 15.3 Å². The minimum absolute atomic E-state index is 0.267. The van der Waals surface area contributed by atoms with Crippen molar-refractivity contribution in [3.8, 4) is 0 Å². The van der Waals surface area contributed by atoms with Crippen molar-refractivity contribution < 1.29 is 15.3 Å². The zero-order chi connectivity index (χ0) is 22.0. The molecular weight excluding hydrogens is 396 g/mol. The minimum Gasteiger partial charge on any atom is -0.512 e. The van der Waals surface area contributed by atoms with Crippen LogP contribution in [0, 0.1) is 5.41 Å². The first-order valence-corrected chi connectivity index (χ1v) is 11.0. The fourth-order valence-electron chi connectivity index (χ4n) is 6.38. The molecule has 3 aliphatic rings. The van der Waals surface area contributed by atoms with Crippen LogP contribution in [0.25, 0.3) is 18.2 Å². The van der Waals surface area contributed by atoms with Gasteiger partial charge in [-0.2, -0.15) is 0 Å². The van der Waals surface area contributed by atoms with Crippen molar-refractivity contribution >= 4 is 18.2 Å². The molecule has 3 heteroatoms. The summed E-state index contributed by atoms with van der Waals surface area (Å²) in [6, 6.07) is 24.0. The molecule has 0 fully saturated rings. The maximum atomic E-state index is 11.3. The van der Waals surface area contributed by atoms with E-state index in [1.807, 2.05) is 91.0 Å². The van der Waals surface area contributed by atoms with Gasteiger partial charge in [-0.25, -0.2) is 0 Å². The number of hydrogen-bond donors (Lipinski definition) is 3. The molecule has 3 aliphatic carbocycles. The molecule has 32 heavy (non-hydrogen) atoms. The van der Waals surface area contributed by atoms with E-state index < -0.39 is 23.2 Å². The Morgan fingerprint density at radius 2 is 0.781 bits per heavy atom. The third-order valence-electron chi connectivity index (χ3n) is 7.58. The highest BCUT2D eigenvalue weighted by Gasteiger charge is 2.57. The summed E-state index contributed by atoms with van der Waals surface area (Å²) in [6.45, 7) is 2.09. The van der Waals surface area contributed by atoms with E-state index in [0.29, 0.717) is 0 Å². The van der Waals surface area contributed by atoms with Crippen molar-refractivity contribution in [3.63, 3.8) is 0 Å². The van der Waals surface area contributed by atoms with Gasteiger partial charge in [-0.05, 0) is 51.6 Å². The Labute approximate surface area is 187 Å². The number of allylic oxidation sites excluding steroid dienone is 3. The lowest BCUT2D eigenvalue weighted by atomic mass is 9.56. The number of rotatable bonds is 3. The zero-order valence-electron chi connectivity index (χ0n) is 17.7. The lowest BCUT2D eigenvalue weighted by Crippen LogP contribution is -2.39. The summed E-state index contributed by atoms with van der Waals surface area (Å²) in [5.41, 5.74) is 5.21. The lowest BCUT2D eigenvalue weighted by Gasteiger charge is -2.46. The first kappa shape index (κ1) is 19.0. The van der Waals surface area contributed by atoms with Crippen LogP contribution >= 0.6 is 0 Å². The lowest BCUT2D eigenvalue weighted by molar-refractivity contribution is 0.126. The normalized spacial score (nSPS) is 24.7. The Bertz CT molecular complexity index is 1180. The molecule has 0 heterocycles. The third-order valence-corrected chi connectivity index (χ3v) is 7.58.